The molecule has 0 fully saturated rings. The van der Waals surface area contributed by atoms with Crippen molar-refractivity contribution >= 4 is 28.4 Å². The van der Waals surface area contributed by atoms with Gasteiger partial charge in [0.05, 0.1) is 6.42 Å². The van der Waals surface area contributed by atoms with Crippen LogP contribution in [-0.4, -0.2) is 22.8 Å². The van der Waals surface area contributed by atoms with Crippen LogP contribution in [0.25, 0.3) is 0 Å². The van der Waals surface area contributed by atoms with E-state index in [9.17, 15) is 9.59 Å². The normalized spacial score (nSPS) is 11.3. The fourth-order valence-electron chi connectivity index (χ4n) is 1.95. The lowest BCUT2D eigenvalue weighted by Gasteiger charge is -2.19. The van der Waals surface area contributed by atoms with Gasteiger partial charge in [0.1, 0.15) is 10.6 Å². The van der Waals surface area contributed by atoms with Gasteiger partial charge in [0, 0.05) is 4.88 Å². The summed E-state index contributed by atoms with van der Waals surface area (Å²) in [5, 5.41) is 12.2. The number of aryl methyl sites for hydroxylation is 1. The third-order valence-electron chi connectivity index (χ3n) is 2.84. The van der Waals surface area contributed by atoms with Crippen molar-refractivity contribution in [3.05, 3.63) is 16.5 Å². The van der Waals surface area contributed by atoms with E-state index in [0.717, 1.165) is 30.6 Å². The first-order valence-electron chi connectivity index (χ1n) is 7.54. The second-order valence-corrected chi connectivity index (χ2v) is 7.36. The first-order chi connectivity index (χ1) is 10.2. The van der Waals surface area contributed by atoms with E-state index in [2.05, 4.69) is 12.2 Å². The second kappa shape index (κ2) is 8.17. The average Bonchev–Trinajstić information content (AvgIpc) is 2.68. The predicted octanol–water partition coefficient (Wildman–Crippen LogP) is 4.45. The zero-order chi connectivity index (χ0) is 16.8. The molecule has 1 amide bonds. The van der Waals surface area contributed by atoms with Crippen LogP contribution in [0, 0.1) is 0 Å². The van der Waals surface area contributed by atoms with E-state index in [1.807, 2.05) is 6.07 Å². The number of carbonyl (C=O) groups is 2. The molecule has 0 radical (unpaired) electrons. The molecule has 5 nitrogen and oxygen atoms in total. The lowest BCUT2D eigenvalue weighted by atomic mass is 10.1. The first kappa shape index (κ1) is 18.5. The van der Waals surface area contributed by atoms with Crippen LogP contribution in [0.3, 0.4) is 0 Å². The number of aliphatic carboxylic acids is 1. The van der Waals surface area contributed by atoms with Gasteiger partial charge in [0.25, 0.3) is 0 Å². The van der Waals surface area contributed by atoms with Crippen molar-refractivity contribution in [1.29, 1.82) is 0 Å². The van der Waals surface area contributed by atoms with Crippen molar-refractivity contribution in [3.63, 3.8) is 0 Å². The van der Waals surface area contributed by atoms with Crippen molar-refractivity contribution in [1.82, 2.24) is 0 Å². The van der Waals surface area contributed by atoms with Crippen LogP contribution >= 0.6 is 11.3 Å². The van der Waals surface area contributed by atoms with E-state index in [-0.39, 0.29) is 6.42 Å². The number of hydrogen-bond acceptors (Lipinski definition) is 4. The number of hydrogen-bond donors (Lipinski definition) is 2. The van der Waals surface area contributed by atoms with E-state index in [0.29, 0.717) is 10.6 Å². The molecular weight excluding hydrogens is 302 g/mol. The molecule has 1 aromatic rings. The Morgan fingerprint density at radius 3 is 2.55 bits per heavy atom. The summed E-state index contributed by atoms with van der Waals surface area (Å²) in [6, 6.07) is 1.88. The predicted molar refractivity (Wildman–Crippen MR) is 88.7 cm³/mol. The summed E-state index contributed by atoms with van der Waals surface area (Å²) < 4.78 is 5.22. The van der Waals surface area contributed by atoms with Crippen molar-refractivity contribution in [3.8, 4) is 0 Å². The Hall–Kier alpha value is -1.56. The summed E-state index contributed by atoms with van der Waals surface area (Å²) in [5.74, 6) is -0.912. The van der Waals surface area contributed by atoms with Gasteiger partial charge in [0.2, 0.25) is 0 Å². The lowest BCUT2D eigenvalue weighted by molar-refractivity contribution is -0.136. The molecule has 0 unspecified atom stereocenters. The Kier molecular flexibility index (Phi) is 6.87. The molecule has 1 rings (SSSR count). The maximum absolute atomic E-state index is 11.9. The van der Waals surface area contributed by atoms with E-state index < -0.39 is 17.7 Å². The number of amides is 1. The number of carboxylic acid groups (broad SMARTS) is 1. The molecule has 0 spiro atoms. The minimum Gasteiger partial charge on any atom is -0.481 e. The van der Waals surface area contributed by atoms with E-state index in [1.165, 1.54) is 11.3 Å². The largest absolute Gasteiger partial charge is 0.481 e. The van der Waals surface area contributed by atoms with Crippen LogP contribution in [0.2, 0.25) is 0 Å². The molecule has 124 valence electrons. The third-order valence-corrected chi connectivity index (χ3v) is 4.00. The zero-order valence-electron chi connectivity index (χ0n) is 13.7. The highest BCUT2D eigenvalue weighted by Gasteiger charge is 2.19. The van der Waals surface area contributed by atoms with Gasteiger partial charge in [-0.25, -0.2) is 4.79 Å². The standard InChI is InChI=1S/C16H25NO4S/c1-5-6-7-8-12-9-11(10-13(18)19)14(22-12)17-15(20)21-16(2,3)4/h9H,5-8,10H2,1-4H3,(H,17,20)(H,18,19). The molecule has 0 aliphatic rings. The van der Waals surface area contributed by atoms with Gasteiger partial charge in [-0.1, -0.05) is 19.8 Å². The molecular formula is C16H25NO4S. The molecule has 0 saturated heterocycles. The average molecular weight is 327 g/mol. The maximum Gasteiger partial charge on any atom is 0.412 e. The summed E-state index contributed by atoms with van der Waals surface area (Å²) >= 11 is 1.43. The number of carbonyl (C=O) groups excluding carboxylic acids is 1. The van der Waals surface area contributed by atoms with Crippen molar-refractivity contribution in [2.45, 2.75) is 65.4 Å². The Labute approximate surface area is 135 Å². The fourth-order valence-corrected chi connectivity index (χ4v) is 3.06. The summed E-state index contributed by atoms with van der Waals surface area (Å²) in [5.41, 5.74) is 0.0491. The first-order valence-corrected chi connectivity index (χ1v) is 8.36. The monoisotopic (exact) mass is 327 g/mol. The van der Waals surface area contributed by atoms with E-state index in [1.54, 1.807) is 20.8 Å². The van der Waals surface area contributed by atoms with Crippen LogP contribution in [0.5, 0.6) is 0 Å². The highest BCUT2D eigenvalue weighted by atomic mass is 32.1. The van der Waals surface area contributed by atoms with Gasteiger partial charge >= 0.3 is 12.1 Å². The summed E-state index contributed by atoms with van der Waals surface area (Å²) in [4.78, 5) is 23.9. The number of thiophene rings is 1. The third kappa shape index (κ3) is 6.93. The van der Waals surface area contributed by atoms with Gasteiger partial charge in [0.15, 0.2) is 0 Å². The molecule has 0 aliphatic carbocycles. The Morgan fingerprint density at radius 1 is 1.32 bits per heavy atom. The van der Waals surface area contributed by atoms with Crippen LogP contribution in [0.15, 0.2) is 6.07 Å². The van der Waals surface area contributed by atoms with Crippen LogP contribution in [0.4, 0.5) is 9.80 Å². The van der Waals surface area contributed by atoms with Gasteiger partial charge in [-0.05, 0) is 45.2 Å². The Morgan fingerprint density at radius 2 is 2.00 bits per heavy atom. The Balaban J connectivity index is 2.80. The van der Waals surface area contributed by atoms with Crippen LogP contribution < -0.4 is 5.32 Å². The number of carboxylic acids is 1. The van der Waals surface area contributed by atoms with Crippen molar-refractivity contribution in [2.24, 2.45) is 0 Å². The maximum atomic E-state index is 11.9. The molecule has 2 N–H and O–H groups in total. The second-order valence-electron chi connectivity index (χ2n) is 6.22. The van der Waals surface area contributed by atoms with E-state index in [4.69, 9.17) is 9.84 Å². The number of rotatable bonds is 7. The molecule has 0 atom stereocenters. The molecule has 0 aromatic carbocycles. The summed E-state index contributed by atoms with van der Waals surface area (Å²) in [6.45, 7) is 7.50. The van der Waals surface area contributed by atoms with Gasteiger partial charge < -0.3 is 9.84 Å². The number of unbranched alkanes of at least 4 members (excludes halogenated alkanes) is 2. The molecule has 1 heterocycles. The minimum atomic E-state index is -0.912. The molecule has 6 heteroatoms. The molecule has 0 bridgehead atoms. The van der Waals surface area contributed by atoms with Gasteiger partial charge in [-0.2, -0.15) is 0 Å². The quantitative estimate of drug-likeness (QED) is 0.725. The van der Waals surface area contributed by atoms with Crippen LogP contribution in [0.1, 0.15) is 57.4 Å². The molecule has 0 aliphatic heterocycles. The Bertz CT molecular complexity index is 517. The number of anilines is 1. The molecule has 0 saturated carbocycles. The van der Waals surface area contributed by atoms with E-state index >= 15 is 0 Å². The SMILES string of the molecule is CCCCCc1cc(CC(=O)O)c(NC(=O)OC(C)(C)C)s1. The highest BCUT2D eigenvalue weighted by Crippen LogP contribution is 2.30. The van der Waals surface area contributed by atoms with Crippen LogP contribution in [-0.2, 0) is 22.4 Å². The lowest BCUT2D eigenvalue weighted by Crippen LogP contribution is -2.27. The fraction of sp³-hybridized carbons (Fsp3) is 0.625. The van der Waals surface area contributed by atoms with Gasteiger partial charge in [-0.3, -0.25) is 10.1 Å². The van der Waals surface area contributed by atoms with Gasteiger partial charge in [-0.15, -0.1) is 11.3 Å². The highest BCUT2D eigenvalue weighted by molar-refractivity contribution is 7.16. The minimum absolute atomic E-state index is 0.102. The van der Waals surface area contributed by atoms with Crippen molar-refractivity contribution < 1.29 is 19.4 Å². The summed E-state index contributed by atoms with van der Waals surface area (Å²) in [6.07, 6.45) is 3.59. The van der Waals surface area contributed by atoms with Crippen molar-refractivity contribution in [2.75, 3.05) is 5.32 Å². The molecule has 1 aromatic heterocycles. The number of ether oxygens (including phenoxy) is 1. The smallest absolute Gasteiger partial charge is 0.412 e. The zero-order valence-corrected chi connectivity index (χ0v) is 14.5. The topological polar surface area (TPSA) is 75.6 Å². The number of nitrogens with one attached hydrogen (secondary N) is 1. The summed E-state index contributed by atoms with van der Waals surface area (Å²) in [7, 11) is 0. The molecule has 22 heavy (non-hydrogen) atoms.